The first-order valence-electron chi connectivity index (χ1n) is 16.4. The molecule has 0 aromatic carbocycles. The molecule has 0 spiro atoms. The zero-order valence-electron chi connectivity index (χ0n) is 27.0. The Morgan fingerprint density at radius 2 is 1.73 bits per heavy atom. The number of aliphatic hydroxyl groups excluding tert-OH is 2. The van der Waals surface area contributed by atoms with Gasteiger partial charge >= 0.3 is 11.9 Å². The second-order valence-electron chi connectivity index (χ2n) is 15.4. The van der Waals surface area contributed by atoms with E-state index in [1.165, 1.54) is 0 Å². The van der Waals surface area contributed by atoms with Crippen LogP contribution in [0.4, 0.5) is 0 Å². The van der Waals surface area contributed by atoms with Crippen molar-refractivity contribution in [3.8, 4) is 0 Å². The molecule has 2 N–H and O–H groups in total. The van der Waals surface area contributed by atoms with Gasteiger partial charge in [0.1, 0.15) is 11.7 Å². The summed E-state index contributed by atoms with van der Waals surface area (Å²) >= 11 is 0. The monoisotopic (exact) mass is 578 g/mol. The fourth-order valence-corrected chi connectivity index (χ4v) is 9.95. The summed E-state index contributed by atoms with van der Waals surface area (Å²) in [6.07, 6.45) is 7.13. The number of methoxy groups -OCH3 is 1. The normalized spacial score (nSPS) is 41.9. The van der Waals surface area contributed by atoms with Crippen LogP contribution >= 0.6 is 0 Å². The molecule has 12 unspecified atom stereocenters. The number of fused-ring (bicyclic) bond motifs is 5. The van der Waals surface area contributed by atoms with Gasteiger partial charge in [-0.3, -0.25) is 9.59 Å². The highest BCUT2D eigenvalue weighted by molar-refractivity contribution is 5.72. The number of rotatable bonds is 10. The zero-order valence-corrected chi connectivity index (χ0v) is 27.0. The molecule has 0 saturated heterocycles. The Hall–Kier alpha value is -1.18. The summed E-state index contributed by atoms with van der Waals surface area (Å²) in [5, 5.41) is 23.6. The lowest BCUT2D eigenvalue weighted by Gasteiger charge is -2.63. The summed E-state index contributed by atoms with van der Waals surface area (Å²) in [6.45, 7) is 14.9. The third kappa shape index (κ3) is 6.24. The predicted octanol–water partition coefficient (Wildman–Crippen LogP) is 5.93. The Bertz CT molecular complexity index is 934. The van der Waals surface area contributed by atoms with Gasteiger partial charge in [0.2, 0.25) is 0 Å². The summed E-state index contributed by atoms with van der Waals surface area (Å²) in [4.78, 5) is 25.1. The molecule has 4 aliphatic rings. The van der Waals surface area contributed by atoms with Crippen LogP contribution in [-0.2, 0) is 23.8 Å². The number of esters is 2. The minimum Gasteiger partial charge on any atom is -0.462 e. The Morgan fingerprint density at radius 3 is 2.39 bits per heavy atom. The molecule has 4 rings (SSSR count). The third-order valence-electron chi connectivity index (χ3n) is 12.5. The average molecular weight is 579 g/mol. The van der Waals surface area contributed by atoms with Crippen molar-refractivity contribution >= 4 is 11.9 Å². The van der Waals surface area contributed by atoms with E-state index in [-0.39, 0.29) is 58.5 Å². The molecule has 4 aliphatic carbocycles. The molecule has 0 aromatic heterocycles. The van der Waals surface area contributed by atoms with Gasteiger partial charge in [-0.25, -0.2) is 0 Å². The largest absolute Gasteiger partial charge is 0.462 e. The van der Waals surface area contributed by atoms with Gasteiger partial charge in [0.25, 0.3) is 0 Å². The Labute approximate surface area is 248 Å². The third-order valence-corrected chi connectivity index (χ3v) is 12.5. The van der Waals surface area contributed by atoms with Crippen LogP contribution in [0.15, 0.2) is 0 Å². The molecular formula is C34H58O7. The van der Waals surface area contributed by atoms with Gasteiger partial charge in [-0.15, -0.1) is 0 Å². The van der Waals surface area contributed by atoms with Crippen molar-refractivity contribution < 1.29 is 34.0 Å². The molecule has 7 nitrogen and oxygen atoms in total. The van der Waals surface area contributed by atoms with Crippen LogP contribution in [0, 0.1) is 52.3 Å². The molecule has 7 heteroatoms. The number of hydrogen-bond donors (Lipinski definition) is 2. The van der Waals surface area contributed by atoms with Crippen LogP contribution in [0.5, 0.6) is 0 Å². The number of hydrogen-bond acceptors (Lipinski definition) is 7. The van der Waals surface area contributed by atoms with E-state index in [9.17, 15) is 19.8 Å². The van der Waals surface area contributed by atoms with Crippen LogP contribution in [0.1, 0.15) is 113 Å². The van der Waals surface area contributed by atoms with E-state index >= 15 is 0 Å². The fraction of sp³-hybridized carbons (Fsp3) is 0.941. The first-order valence-corrected chi connectivity index (χ1v) is 16.4. The first kappa shape index (κ1) is 32.7. The van der Waals surface area contributed by atoms with Crippen molar-refractivity contribution in [3.05, 3.63) is 0 Å². The van der Waals surface area contributed by atoms with Crippen LogP contribution in [-0.4, -0.2) is 59.8 Å². The lowest BCUT2D eigenvalue weighted by Crippen LogP contribution is -2.62. The molecule has 41 heavy (non-hydrogen) atoms. The Morgan fingerprint density at radius 1 is 1.02 bits per heavy atom. The van der Waals surface area contributed by atoms with E-state index in [1.54, 1.807) is 7.11 Å². The molecule has 0 aromatic rings. The maximum atomic E-state index is 12.6. The van der Waals surface area contributed by atoms with Gasteiger partial charge in [-0.1, -0.05) is 34.6 Å². The molecule has 236 valence electrons. The van der Waals surface area contributed by atoms with E-state index in [0.29, 0.717) is 24.9 Å². The fourth-order valence-electron chi connectivity index (χ4n) is 9.95. The second-order valence-corrected chi connectivity index (χ2v) is 15.4. The van der Waals surface area contributed by atoms with Crippen LogP contribution in [0.25, 0.3) is 0 Å². The van der Waals surface area contributed by atoms with Crippen molar-refractivity contribution in [1.29, 1.82) is 0 Å². The Kier molecular flexibility index (Phi) is 9.93. The molecular weight excluding hydrogens is 520 g/mol. The highest BCUT2D eigenvalue weighted by atomic mass is 16.6. The highest BCUT2D eigenvalue weighted by Gasteiger charge is 2.65. The van der Waals surface area contributed by atoms with Gasteiger partial charge in [0, 0.05) is 13.5 Å². The summed E-state index contributed by atoms with van der Waals surface area (Å²) in [5.74, 6) is 1.20. The van der Waals surface area contributed by atoms with E-state index < -0.39 is 17.8 Å². The van der Waals surface area contributed by atoms with Crippen LogP contribution in [0.2, 0.25) is 0 Å². The minimum atomic E-state index is -0.645. The lowest BCUT2D eigenvalue weighted by molar-refractivity contribution is -0.210. The van der Waals surface area contributed by atoms with Crippen molar-refractivity contribution in [3.63, 3.8) is 0 Å². The quantitative estimate of drug-likeness (QED) is 0.310. The topological polar surface area (TPSA) is 102 Å². The summed E-state index contributed by atoms with van der Waals surface area (Å²) in [7, 11) is 1.61. The SMILES string of the molecule is CCC(C)C(=O)OC1CCC2(C)C(C1)CC(O)C1C2CC(O)C2(C)C(C(C)CCC(=O)OC(C)(C)COC)CCC12. The van der Waals surface area contributed by atoms with Gasteiger partial charge in [-0.2, -0.15) is 0 Å². The maximum Gasteiger partial charge on any atom is 0.308 e. The van der Waals surface area contributed by atoms with E-state index in [0.717, 1.165) is 57.8 Å². The summed E-state index contributed by atoms with van der Waals surface area (Å²) in [5.41, 5.74) is -0.880. The molecule has 12 atom stereocenters. The Balaban J connectivity index is 1.43. The van der Waals surface area contributed by atoms with E-state index in [2.05, 4.69) is 20.8 Å². The van der Waals surface area contributed by atoms with Crippen molar-refractivity contribution in [2.45, 2.75) is 137 Å². The highest BCUT2D eigenvalue weighted by Crippen LogP contribution is 2.68. The molecule has 0 radical (unpaired) electrons. The number of ether oxygens (including phenoxy) is 3. The second kappa shape index (κ2) is 12.4. The van der Waals surface area contributed by atoms with Gasteiger partial charge in [0.15, 0.2) is 0 Å². The van der Waals surface area contributed by atoms with Crippen molar-refractivity contribution in [1.82, 2.24) is 0 Å². The smallest absolute Gasteiger partial charge is 0.308 e. The molecule has 0 aliphatic heterocycles. The summed E-state index contributed by atoms with van der Waals surface area (Å²) < 4.78 is 16.8. The van der Waals surface area contributed by atoms with E-state index in [1.807, 2.05) is 27.7 Å². The molecule has 0 amide bonds. The predicted molar refractivity (Wildman–Crippen MR) is 158 cm³/mol. The van der Waals surface area contributed by atoms with E-state index in [4.69, 9.17) is 14.2 Å². The first-order chi connectivity index (χ1) is 19.2. The van der Waals surface area contributed by atoms with Crippen LogP contribution < -0.4 is 0 Å². The van der Waals surface area contributed by atoms with Crippen LogP contribution in [0.3, 0.4) is 0 Å². The lowest BCUT2D eigenvalue weighted by atomic mass is 9.43. The number of carbonyl (C=O) groups excluding carboxylic acids is 2. The molecule has 0 bridgehead atoms. The molecule has 4 fully saturated rings. The van der Waals surface area contributed by atoms with Gasteiger partial charge in [0.05, 0.1) is 24.7 Å². The number of carbonyl (C=O) groups is 2. The molecule has 4 saturated carbocycles. The van der Waals surface area contributed by atoms with Crippen molar-refractivity contribution in [2.24, 2.45) is 52.3 Å². The minimum absolute atomic E-state index is 0.0357. The van der Waals surface area contributed by atoms with Gasteiger partial charge < -0.3 is 24.4 Å². The zero-order chi connectivity index (χ0) is 30.3. The summed E-state index contributed by atoms with van der Waals surface area (Å²) in [6, 6.07) is 0. The molecule has 0 heterocycles. The maximum absolute atomic E-state index is 12.6. The standard InChI is InChI=1S/C34H58O7/c1-9-20(2)31(38)40-23-14-15-33(6)22(16-23)17-27(35)30-25-12-11-24(34(25,7)28(36)18-26(30)33)21(3)10-13-29(37)41-32(4,5)19-39-8/h20-28,30,35-36H,9-19H2,1-8H3. The average Bonchev–Trinajstić information content (AvgIpc) is 3.26. The number of aliphatic hydroxyl groups is 2. The van der Waals surface area contributed by atoms with Gasteiger partial charge in [-0.05, 0) is 118 Å². The van der Waals surface area contributed by atoms with Crippen molar-refractivity contribution in [2.75, 3.05) is 13.7 Å².